The first-order valence-corrected chi connectivity index (χ1v) is 10.9. The van der Waals surface area contributed by atoms with Crippen LogP contribution in [0.5, 0.6) is 11.5 Å². The number of rotatable bonds is 6. The van der Waals surface area contributed by atoms with Gasteiger partial charge in [-0.1, -0.05) is 36.4 Å². The summed E-state index contributed by atoms with van der Waals surface area (Å²) >= 11 is 0. The van der Waals surface area contributed by atoms with E-state index in [1.165, 1.54) is 0 Å². The number of carbonyl (C=O) groups excluding carboxylic acids is 2. The van der Waals surface area contributed by atoms with Crippen molar-refractivity contribution in [2.45, 2.75) is 45.3 Å². The van der Waals surface area contributed by atoms with Crippen LogP contribution in [0.4, 0.5) is 4.79 Å². The Bertz CT molecular complexity index is 968. The molecular weight excluding hydrogens is 410 g/mol. The zero-order valence-electron chi connectivity index (χ0n) is 18.6. The molecule has 2 aromatic carbocycles. The number of ether oxygens (including phenoxy) is 4. The third kappa shape index (κ3) is 5.33. The fourth-order valence-electron chi connectivity index (χ4n) is 4.17. The van der Waals surface area contributed by atoms with E-state index in [-0.39, 0.29) is 37.2 Å². The third-order valence-corrected chi connectivity index (χ3v) is 5.65. The summed E-state index contributed by atoms with van der Waals surface area (Å²) in [4.78, 5) is 25.3. The molecule has 4 rings (SSSR count). The van der Waals surface area contributed by atoms with E-state index in [2.05, 4.69) is 5.32 Å². The molecule has 0 spiro atoms. The lowest BCUT2D eigenvalue weighted by Crippen LogP contribution is -2.46. The SMILES string of the molecule is CC(C)(C)OC(=O)N[C@@H](Cc1ccccc1)C1COC(=O)[C@@H]1Cc1ccc2c(c1)OCO2. The molecule has 170 valence electrons. The fourth-order valence-corrected chi connectivity index (χ4v) is 4.17. The highest BCUT2D eigenvalue weighted by atomic mass is 16.7. The Hall–Kier alpha value is -3.22. The van der Waals surface area contributed by atoms with Gasteiger partial charge in [-0.3, -0.25) is 4.79 Å². The quantitative estimate of drug-likeness (QED) is 0.688. The van der Waals surface area contributed by atoms with E-state index in [0.29, 0.717) is 24.3 Å². The molecule has 2 aromatic rings. The molecule has 1 fully saturated rings. The normalized spacial score (nSPS) is 20.5. The number of cyclic esters (lactones) is 1. The molecule has 0 saturated carbocycles. The van der Waals surface area contributed by atoms with Crippen LogP contribution in [0.25, 0.3) is 0 Å². The second-order valence-corrected chi connectivity index (χ2v) is 9.23. The van der Waals surface area contributed by atoms with Crippen molar-refractivity contribution in [2.75, 3.05) is 13.4 Å². The number of hydrogen-bond acceptors (Lipinski definition) is 6. The van der Waals surface area contributed by atoms with Crippen molar-refractivity contribution in [1.82, 2.24) is 5.32 Å². The Kier molecular flexibility index (Phi) is 6.26. The molecule has 1 saturated heterocycles. The highest BCUT2D eigenvalue weighted by Gasteiger charge is 2.42. The maximum absolute atomic E-state index is 12.7. The lowest BCUT2D eigenvalue weighted by Gasteiger charge is -2.28. The number of hydrogen-bond donors (Lipinski definition) is 1. The summed E-state index contributed by atoms with van der Waals surface area (Å²) in [6.45, 7) is 5.92. The lowest BCUT2D eigenvalue weighted by atomic mass is 9.82. The maximum atomic E-state index is 12.7. The summed E-state index contributed by atoms with van der Waals surface area (Å²) in [6.07, 6.45) is 0.556. The summed E-state index contributed by atoms with van der Waals surface area (Å²) in [5.74, 6) is 0.544. The zero-order valence-corrected chi connectivity index (χ0v) is 18.6. The van der Waals surface area contributed by atoms with Crippen molar-refractivity contribution in [3.63, 3.8) is 0 Å². The largest absolute Gasteiger partial charge is 0.465 e. The monoisotopic (exact) mass is 439 g/mol. The summed E-state index contributed by atoms with van der Waals surface area (Å²) in [7, 11) is 0. The Morgan fingerprint density at radius 2 is 1.81 bits per heavy atom. The molecule has 3 atom stereocenters. The van der Waals surface area contributed by atoms with Crippen molar-refractivity contribution in [3.05, 3.63) is 59.7 Å². The van der Waals surface area contributed by atoms with Crippen molar-refractivity contribution < 1.29 is 28.5 Å². The number of carbonyl (C=O) groups is 2. The van der Waals surface area contributed by atoms with Crippen LogP contribution in [-0.4, -0.2) is 37.1 Å². The van der Waals surface area contributed by atoms with E-state index in [4.69, 9.17) is 18.9 Å². The van der Waals surface area contributed by atoms with Crippen LogP contribution in [0.2, 0.25) is 0 Å². The molecule has 7 nitrogen and oxygen atoms in total. The van der Waals surface area contributed by atoms with Crippen LogP contribution in [0.15, 0.2) is 48.5 Å². The van der Waals surface area contributed by atoms with Crippen molar-refractivity contribution in [3.8, 4) is 11.5 Å². The van der Waals surface area contributed by atoms with Crippen LogP contribution in [-0.2, 0) is 27.1 Å². The topological polar surface area (TPSA) is 83.1 Å². The van der Waals surface area contributed by atoms with Gasteiger partial charge in [-0.15, -0.1) is 0 Å². The Morgan fingerprint density at radius 1 is 1.06 bits per heavy atom. The van der Waals surface area contributed by atoms with Gasteiger partial charge in [0.25, 0.3) is 0 Å². The van der Waals surface area contributed by atoms with Crippen molar-refractivity contribution in [1.29, 1.82) is 0 Å². The Balaban J connectivity index is 1.54. The zero-order chi connectivity index (χ0) is 22.7. The third-order valence-electron chi connectivity index (χ3n) is 5.65. The molecule has 0 bridgehead atoms. The number of fused-ring (bicyclic) bond motifs is 1. The molecule has 0 aliphatic carbocycles. The highest BCUT2D eigenvalue weighted by Crippen LogP contribution is 2.36. The van der Waals surface area contributed by atoms with E-state index in [1.807, 2.05) is 69.3 Å². The lowest BCUT2D eigenvalue weighted by molar-refractivity contribution is -0.141. The summed E-state index contributed by atoms with van der Waals surface area (Å²) < 4.78 is 21.8. The molecule has 0 aromatic heterocycles. The van der Waals surface area contributed by atoms with Crippen molar-refractivity contribution >= 4 is 12.1 Å². The van der Waals surface area contributed by atoms with Crippen LogP contribution in [0.1, 0.15) is 31.9 Å². The van der Waals surface area contributed by atoms with E-state index < -0.39 is 11.7 Å². The smallest absolute Gasteiger partial charge is 0.407 e. The van der Waals surface area contributed by atoms with Gasteiger partial charge in [0.1, 0.15) is 5.60 Å². The number of alkyl carbamates (subject to hydrolysis) is 1. The van der Waals surface area contributed by atoms with Crippen LogP contribution >= 0.6 is 0 Å². The van der Waals surface area contributed by atoms with Gasteiger partial charge in [-0.25, -0.2) is 4.79 Å². The summed E-state index contributed by atoms with van der Waals surface area (Å²) in [6, 6.07) is 15.3. The van der Waals surface area contributed by atoms with Gasteiger partial charge < -0.3 is 24.3 Å². The number of nitrogens with one attached hydrogen (secondary N) is 1. The van der Waals surface area contributed by atoms with E-state index in [0.717, 1.165) is 11.1 Å². The molecule has 1 amide bonds. The minimum Gasteiger partial charge on any atom is -0.465 e. The first-order valence-electron chi connectivity index (χ1n) is 10.9. The second kappa shape index (κ2) is 9.10. The Labute approximate surface area is 188 Å². The average molecular weight is 440 g/mol. The summed E-state index contributed by atoms with van der Waals surface area (Å²) in [5, 5.41) is 3.00. The molecule has 32 heavy (non-hydrogen) atoms. The van der Waals surface area contributed by atoms with Gasteiger partial charge in [0, 0.05) is 12.0 Å². The second-order valence-electron chi connectivity index (χ2n) is 9.23. The van der Waals surface area contributed by atoms with Crippen LogP contribution < -0.4 is 14.8 Å². The molecule has 2 aliphatic heterocycles. The van der Waals surface area contributed by atoms with Gasteiger partial charge in [0.15, 0.2) is 11.5 Å². The number of benzene rings is 2. The number of amides is 1. The standard InChI is InChI=1S/C25H29NO6/c1-25(2,3)32-24(28)26-20(12-16-7-5-4-6-8-16)19-14-29-23(27)18(19)11-17-9-10-21-22(13-17)31-15-30-21/h4-10,13,18-20H,11-12,14-15H2,1-3H3,(H,26,28)/t18-,19?,20+/m1/s1. The molecule has 2 heterocycles. The first kappa shape index (κ1) is 22.0. The predicted octanol–water partition coefficient (Wildman–Crippen LogP) is 3.88. The molecule has 1 unspecified atom stereocenters. The van der Waals surface area contributed by atoms with Gasteiger partial charge in [-0.2, -0.15) is 0 Å². The van der Waals surface area contributed by atoms with E-state index in [1.54, 1.807) is 0 Å². The van der Waals surface area contributed by atoms with Gasteiger partial charge >= 0.3 is 12.1 Å². The highest BCUT2D eigenvalue weighted by molar-refractivity contribution is 5.76. The van der Waals surface area contributed by atoms with Crippen molar-refractivity contribution in [2.24, 2.45) is 11.8 Å². The molecule has 1 N–H and O–H groups in total. The van der Waals surface area contributed by atoms with Gasteiger partial charge in [0.05, 0.1) is 12.5 Å². The fraction of sp³-hybridized carbons (Fsp3) is 0.440. The predicted molar refractivity (Wildman–Crippen MR) is 118 cm³/mol. The van der Waals surface area contributed by atoms with Gasteiger partial charge in [-0.05, 0) is 56.9 Å². The Morgan fingerprint density at radius 3 is 2.56 bits per heavy atom. The van der Waals surface area contributed by atoms with E-state index in [9.17, 15) is 9.59 Å². The number of esters is 1. The molecule has 0 radical (unpaired) electrons. The average Bonchev–Trinajstić information content (AvgIpc) is 3.33. The van der Waals surface area contributed by atoms with Crippen LogP contribution in [0.3, 0.4) is 0 Å². The minimum absolute atomic E-state index is 0.194. The molecule has 2 aliphatic rings. The minimum atomic E-state index is -0.616. The molecular formula is C25H29NO6. The maximum Gasteiger partial charge on any atom is 0.407 e. The van der Waals surface area contributed by atoms with E-state index >= 15 is 0 Å². The molecule has 7 heteroatoms. The first-order chi connectivity index (χ1) is 15.3. The van der Waals surface area contributed by atoms with Gasteiger partial charge in [0.2, 0.25) is 6.79 Å². The summed E-state index contributed by atoms with van der Waals surface area (Å²) in [5.41, 5.74) is 1.41. The van der Waals surface area contributed by atoms with Crippen LogP contribution in [0, 0.1) is 11.8 Å².